The Morgan fingerprint density at radius 1 is 1.16 bits per heavy atom. The van der Waals surface area contributed by atoms with Crippen LogP contribution in [-0.4, -0.2) is 57.6 Å². The Hall–Kier alpha value is -3.07. The molecular weight excluding hydrogens is 482 g/mol. The molecule has 5 rings (SSSR count). The van der Waals surface area contributed by atoms with Crippen LogP contribution in [0.5, 0.6) is 0 Å². The first-order valence-corrected chi connectivity index (χ1v) is 14.0. The molecule has 38 heavy (non-hydrogen) atoms. The number of amides is 2. The van der Waals surface area contributed by atoms with Crippen molar-refractivity contribution in [3.63, 3.8) is 0 Å². The lowest BCUT2D eigenvalue weighted by atomic mass is 9.85. The molecule has 1 aliphatic heterocycles. The van der Waals surface area contributed by atoms with E-state index >= 15 is 0 Å². The highest BCUT2D eigenvalue weighted by Crippen LogP contribution is 2.35. The monoisotopic (exact) mass is 523 g/mol. The quantitative estimate of drug-likeness (QED) is 0.438. The van der Waals surface area contributed by atoms with Crippen LogP contribution in [0.25, 0.3) is 11.1 Å². The minimum Gasteiger partial charge on any atom is -0.440 e. The summed E-state index contributed by atoms with van der Waals surface area (Å²) in [5, 5.41) is 16.8. The van der Waals surface area contributed by atoms with Crippen molar-refractivity contribution in [2.45, 2.75) is 95.9 Å². The van der Waals surface area contributed by atoms with Crippen LogP contribution < -0.4 is 16.4 Å². The van der Waals surface area contributed by atoms with Crippen molar-refractivity contribution in [3.8, 4) is 0 Å². The minimum absolute atomic E-state index is 0.0237. The Morgan fingerprint density at radius 3 is 2.53 bits per heavy atom. The Morgan fingerprint density at radius 2 is 1.87 bits per heavy atom. The summed E-state index contributed by atoms with van der Waals surface area (Å²) < 4.78 is 5.97. The van der Waals surface area contributed by atoms with Gasteiger partial charge in [-0.2, -0.15) is 0 Å². The van der Waals surface area contributed by atoms with Crippen molar-refractivity contribution in [2.75, 3.05) is 6.54 Å². The molecule has 1 saturated heterocycles. The molecule has 3 aliphatic rings. The number of carbonyl (C=O) groups excluding carboxylic acids is 2. The summed E-state index contributed by atoms with van der Waals surface area (Å²) in [5.74, 6) is 1.01. The van der Waals surface area contributed by atoms with Gasteiger partial charge < -0.3 is 30.8 Å². The van der Waals surface area contributed by atoms with Crippen molar-refractivity contribution in [2.24, 2.45) is 17.1 Å². The third-order valence-corrected chi connectivity index (χ3v) is 8.18. The fourth-order valence-corrected chi connectivity index (χ4v) is 5.72. The molecular formula is C29H41N5O4. The molecule has 1 aromatic carbocycles. The van der Waals surface area contributed by atoms with Crippen LogP contribution in [0.15, 0.2) is 40.6 Å². The summed E-state index contributed by atoms with van der Waals surface area (Å²) in [6.45, 7) is 6.11. The smallest absolute Gasteiger partial charge is 0.246 e. The number of nitrogens with zero attached hydrogens (tertiary/aromatic N) is 2. The SMILES string of the molecule is CC(C)(C)C(N/C=C(\N)C1CC1)C(=O)N1CC(O)CC1C(=O)NC1CCC(c2nc3ccccc3o2)CC1. The van der Waals surface area contributed by atoms with Crippen molar-refractivity contribution in [3.05, 3.63) is 42.1 Å². The number of allylic oxidation sites excluding steroid dienone is 1. The van der Waals surface area contributed by atoms with Gasteiger partial charge in [0.15, 0.2) is 11.5 Å². The fraction of sp³-hybridized carbons (Fsp3) is 0.621. The lowest BCUT2D eigenvalue weighted by Gasteiger charge is -2.36. The average Bonchev–Trinajstić information content (AvgIpc) is 3.52. The summed E-state index contributed by atoms with van der Waals surface area (Å²) in [4.78, 5) is 33.3. The number of nitrogens with two attached hydrogens (primary N) is 1. The van der Waals surface area contributed by atoms with E-state index in [0.717, 1.165) is 61.2 Å². The zero-order valence-corrected chi connectivity index (χ0v) is 22.7. The molecule has 5 N–H and O–H groups in total. The minimum atomic E-state index is -0.725. The first kappa shape index (κ1) is 26.5. The van der Waals surface area contributed by atoms with Gasteiger partial charge in [-0.05, 0) is 62.0 Å². The molecule has 0 bridgehead atoms. The second-order valence-electron chi connectivity index (χ2n) is 12.4. The van der Waals surface area contributed by atoms with Gasteiger partial charge in [0.2, 0.25) is 11.8 Å². The third kappa shape index (κ3) is 5.82. The average molecular weight is 524 g/mol. The Labute approximate surface area is 224 Å². The first-order chi connectivity index (χ1) is 18.1. The Bertz CT molecular complexity index is 1160. The van der Waals surface area contributed by atoms with Gasteiger partial charge in [0.05, 0.1) is 6.10 Å². The lowest BCUT2D eigenvalue weighted by molar-refractivity contribution is -0.142. The van der Waals surface area contributed by atoms with Crippen LogP contribution in [-0.2, 0) is 9.59 Å². The molecule has 2 aromatic rings. The van der Waals surface area contributed by atoms with Gasteiger partial charge in [0.1, 0.15) is 17.6 Å². The highest BCUT2D eigenvalue weighted by molar-refractivity contribution is 5.91. The van der Waals surface area contributed by atoms with Gasteiger partial charge in [-0.15, -0.1) is 0 Å². The molecule has 0 radical (unpaired) electrons. The standard InChI is InChI=1S/C29H41N5O4/c1-29(2,3)25(31-15-21(30)17-8-9-17)28(37)34-16-20(35)14-23(34)26(36)32-19-12-10-18(11-13-19)27-33-22-6-4-5-7-24(22)38-27/h4-7,15,17-20,23,25,31,35H,8-14,16,30H2,1-3H3,(H,32,36)/b21-15-. The van der Waals surface area contributed by atoms with Gasteiger partial charge in [0.25, 0.3) is 0 Å². The van der Waals surface area contributed by atoms with Gasteiger partial charge in [0, 0.05) is 36.8 Å². The van der Waals surface area contributed by atoms with Crippen LogP contribution in [0.4, 0.5) is 0 Å². The number of aromatic nitrogens is 1. The summed E-state index contributed by atoms with van der Waals surface area (Å²) in [5.41, 5.74) is 8.18. The topological polar surface area (TPSA) is 134 Å². The summed E-state index contributed by atoms with van der Waals surface area (Å²) >= 11 is 0. The lowest BCUT2D eigenvalue weighted by Crippen LogP contribution is -2.56. The molecule has 2 heterocycles. The van der Waals surface area contributed by atoms with Crippen molar-refractivity contribution in [1.29, 1.82) is 0 Å². The summed E-state index contributed by atoms with van der Waals surface area (Å²) in [6.07, 6.45) is 6.81. The zero-order chi connectivity index (χ0) is 27.0. The molecule has 2 saturated carbocycles. The van der Waals surface area contributed by atoms with E-state index in [-0.39, 0.29) is 36.7 Å². The van der Waals surface area contributed by atoms with Crippen molar-refractivity contribution < 1.29 is 19.1 Å². The van der Waals surface area contributed by atoms with E-state index in [1.54, 1.807) is 11.1 Å². The number of rotatable bonds is 7. The Kier molecular flexibility index (Phi) is 7.40. The van der Waals surface area contributed by atoms with E-state index < -0.39 is 23.6 Å². The number of benzene rings is 1. The normalized spacial score (nSPS) is 27.4. The van der Waals surface area contributed by atoms with E-state index in [1.165, 1.54) is 0 Å². The van der Waals surface area contributed by atoms with Crippen LogP contribution >= 0.6 is 0 Å². The number of carbonyl (C=O) groups is 2. The van der Waals surface area contributed by atoms with Gasteiger partial charge in [-0.3, -0.25) is 9.59 Å². The fourth-order valence-electron chi connectivity index (χ4n) is 5.72. The largest absolute Gasteiger partial charge is 0.440 e. The second kappa shape index (κ2) is 10.6. The van der Waals surface area contributed by atoms with Crippen LogP contribution in [0, 0.1) is 11.3 Å². The molecule has 9 heteroatoms. The predicted molar refractivity (Wildman–Crippen MR) is 145 cm³/mol. The van der Waals surface area contributed by atoms with Crippen LogP contribution in [0.2, 0.25) is 0 Å². The van der Waals surface area contributed by atoms with E-state index in [0.29, 0.717) is 5.92 Å². The zero-order valence-electron chi connectivity index (χ0n) is 22.7. The second-order valence-corrected chi connectivity index (χ2v) is 12.4. The number of aliphatic hydroxyl groups excluding tert-OH is 1. The molecule has 1 aromatic heterocycles. The van der Waals surface area contributed by atoms with Gasteiger partial charge in [-0.1, -0.05) is 32.9 Å². The van der Waals surface area contributed by atoms with E-state index in [9.17, 15) is 14.7 Å². The first-order valence-electron chi connectivity index (χ1n) is 14.0. The number of nitrogens with one attached hydrogen (secondary N) is 2. The molecule has 0 spiro atoms. The molecule has 2 amide bonds. The Balaban J connectivity index is 1.20. The molecule has 3 atom stereocenters. The number of aliphatic hydroxyl groups is 1. The van der Waals surface area contributed by atoms with Crippen molar-refractivity contribution >= 4 is 22.9 Å². The molecule has 206 valence electrons. The predicted octanol–water partition coefficient (Wildman–Crippen LogP) is 3.15. The maximum absolute atomic E-state index is 13.7. The van der Waals surface area contributed by atoms with Crippen LogP contribution in [0.3, 0.4) is 0 Å². The van der Waals surface area contributed by atoms with Crippen LogP contribution in [0.1, 0.15) is 77.5 Å². The number of likely N-dealkylation sites (tertiary alicyclic amines) is 1. The third-order valence-electron chi connectivity index (χ3n) is 8.18. The highest BCUT2D eigenvalue weighted by atomic mass is 16.3. The molecule has 3 fully saturated rings. The van der Waals surface area contributed by atoms with E-state index in [2.05, 4.69) is 15.6 Å². The number of oxazole rings is 1. The van der Waals surface area contributed by atoms with Gasteiger partial charge in [-0.25, -0.2) is 4.98 Å². The molecule has 2 aliphatic carbocycles. The number of fused-ring (bicyclic) bond motifs is 1. The number of para-hydroxylation sites is 2. The maximum atomic E-state index is 13.7. The molecule has 9 nitrogen and oxygen atoms in total. The van der Waals surface area contributed by atoms with E-state index in [4.69, 9.17) is 10.2 Å². The summed E-state index contributed by atoms with van der Waals surface area (Å²) in [7, 11) is 0. The van der Waals surface area contributed by atoms with E-state index in [1.807, 2.05) is 45.0 Å². The summed E-state index contributed by atoms with van der Waals surface area (Å²) in [6, 6.07) is 6.55. The number of β-amino-alcohol motifs (C(OH)–C–C–N with tert-alkyl or cyclic N) is 1. The maximum Gasteiger partial charge on any atom is 0.246 e. The molecule has 3 unspecified atom stereocenters. The van der Waals surface area contributed by atoms with Crippen molar-refractivity contribution in [1.82, 2.24) is 20.5 Å². The highest BCUT2D eigenvalue weighted by Gasteiger charge is 2.44. The number of hydrogen-bond donors (Lipinski definition) is 4. The number of hydrogen-bond acceptors (Lipinski definition) is 7. The van der Waals surface area contributed by atoms with Gasteiger partial charge >= 0.3 is 0 Å².